The summed E-state index contributed by atoms with van der Waals surface area (Å²) >= 11 is 3.64. The van der Waals surface area contributed by atoms with Crippen LogP contribution in [0, 0.1) is 0 Å². The van der Waals surface area contributed by atoms with Crippen LogP contribution in [0.2, 0.25) is 0 Å². The summed E-state index contributed by atoms with van der Waals surface area (Å²) in [4.78, 5) is 11.8. The highest BCUT2D eigenvalue weighted by molar-refractivity contribution is 8.00. The first-order chi connectivity index (χ1) is 20.8. The van der Waals surface area contributed by atoms with Gasteiger partial charge in [0.15, 0.2) is 0 Å². The summed E-state index contributed by atoms with van der Waals surface area (Å²) in [5.41, 5.74) is 11.2. The van der Waals surface area contributed by atoms with E-state index in [1.165, 1.54) is 59.1 Å². The molecule has 10 rings (SSSR count). The van der Waals surface area contributed by atoms with Crippen LogP contribution in [0.25, 0.3) is 0 Å². The van der Waals surface area contributed by atoms with Gasteiger partial charge in [0.2, 0.25) is 0 Å². The van der Waals surface area contributed by atoms with Crippen LogP contribution in [0.1, 0.15) is 0 Å². The molecular formula is C35H20B2N2OS2. The molecule has 0 amide bonds. The van der Waals surface area contributed by atoms with Gasteiger partial charge in [0.25, 0.3) is 13.4 Å². The van der Waals surface area contributed by atoms with Gasteiger partial charge in [-0.1, -0.05) is 90.3 Å². The molecule has 7 heteroatoms. The molecule has 4 aliphatic rings. The van der Waals surface area contributed by atoms with Gasteiger partial charge in [-0.15, -0.1) is 0 Å². The lowest BCUT2D eigenvalue weighted by molar-refractivity contribution is 0.486. The summed E-state index contributed by atoms with van der Waals surface area (Å²) in [5, 5.41) is 1.11. The molecule has 0 atom stereocenters. The standard InChI is InChI=1S/C35H20B2N2OS2/c1-2-10-21(11-3-1)39-25-14-6-4-12-22(25)36-24-20-31-34(38-35(24)42-29-18-8-15-26(39)32(29)36)37-23-13-5-7-16-27(23)40-28-17-9-19-30(41-31)33(28)37/h1-20H. The van der Waals surface area contributed by atoms with Crippen molar-refractivity contribution in [3.05, 3.63) is 121 Å². The molecule has 3 nitrogen and oxygen atoms in total. The zero-order valence-corrected chi connectivity index (χ0v) is 24.0. The highest BCUT2D eigenvalue weighted by Crippen LogP contribution is 2.42. The average Bonchev–Trinajstić information content (AvgIpc) is 3.04. The Morgan fingerprint density at radius 1 is 0.548 bits per heavy atom. The maximum absolute atomic E-state index is 6.39. The monoisotopic (exact) mass is 570 g/mol. The molecule has 0 saturated heterocycles. The third-order valence-electron chi connectivity index (χ3n) is 8.86. The van der Waals surface area contributed by atoms with Crippen molar-refractivity contribution < 1.29 is 4.74 Å². The van der Waals surface area contributed by atoms with E-state index < -0.39 is 0 Å². The van der Waals surface area contributed by atoms with Gasteiger partial charge in [0.1, 0.15) is 11.5 Å². The second-order valence-corrected chi connectivity index (χ2v) is 13.2. The summed E-state index contributed by atoms with van der Waals surface area (Å²) in [6.07, 6.45) is 0. The van der Waals surface area contributed by atoms with E-state index in [2.05, 4.69) is 126 Å². The first-order valence-corrected chi connectivity index (χ1v) is 15.8. The summed E-state index contributed by atoms with van der Waals surface area (Å²) in [6.45, 7) is 0.181. The fraction of sp³-hybridized carbons (Fsp3) is 0. The number of pyridine rings is 1. The highest BCUT2D eigenvalue weighted by Gasteiger charge is 2.45. The summed E-state index contributed by atoms with van der Waals surface area (Å²) in [6, 6.07) is 43.7. The smallest absolute Gasteiger partial charge is 0.277 e. The molecule has 4 aliphatic heterocycles. The molecule has 6 aromatic rings. The van der Waals surface area contributed by atoms with Gasteiger partial charge in [-0.25, -0.2) is 0 Å². The number of hydrogen-bond donors (Lipinski definition) is 0. The van der Waals surface area contributed by atoms with E-state index in [1.807, 2.05) is 23.5 Å². The lowest BCUT2D eigenvalue weighted by Gasteiger charge is -2.40. The third kappa shape index (κ3) is 3.10. The molecule has 0 fully saturated rings. The molecule has 0 saturated carbocycles. The quantitative estimate of drug-likeness (QED) is 0.261. The number of fused-ring (bicyclic) bond motifs is 8. The van der Waals surface area contributed by atoms with E-state index in [0.29, 0.717) is 0 Å². The molecule has 0 radical (unpaired) electrons. The Balaban J connectivity index is 1.21. The Labute approximate surface area is 253 Å². The number of ether oxygens (including phenoxy) is 1. The molecule has 0 spiro atoms. The molecule has 0 unspecified atom stereocenters. The number of para-hydroxylation sites is 3. The van der Waals surface area contributed by atoms with Crippen molar-refractivity contribution >= 4 is 86.9 Å². The van der Waals surface area contributed by atoms with Crippen LogP contribution >= 0.6 is 23.5 Å². The van der Waals surface area contributed by atoms with Gasteiger partial charge in [-0.3, -0.25) is 4.98 Å². The number of hydrogen-bond acceptors (Lipinski definition) is 5. The van der Waals surface area contributed by atoms with Crippen LogP contribution in [-0.4, -0.2) is 18.4 Å². The minimum absolute atomic E-state index is 0.0586. The Morgan fingerprint density at radius 3 is 2.17 bits per heavy atom. The largest absolute Gasteiger partial charge is 0.458 e. The number of nitrogens with zero attached hydrogens (tertiary/aromatic N) is 2. The van der Waals surface area contributed by atoms with Crippen LogP contribution in [0.5, 0.6) is 11.5 Å². The number of anilines is 3. The molecule has 1 aromatic heterocycles. The summed E-state index contributed by atoms with van der Waals surface area (Å²) in [5.74, 6) is 1.87. The fourth-order valence-electron chi connectivity index (χ4n) is 7.17. The van der Waals surface area contributed by atoms with Crippen molar-refractivity contribution in [2.24, 2.45) is 0 Å². The third-order valence-corrected chi connectivity index (χ3v) is 11.1. The van der Waals surface area contributed by atoms with Crippen molar-refractivity contribution in [2.75, 3.05) is 4.90 Å². The average molecular weight is 570 g/mol. The van der Waals surface area contributed by atoms with Crippen molar-refractivity contribution in [3.8, 4) is 11.5 Å². The van der Waals surface area contributed by atoms with Crippen molar-refractivity contribution in [3.63, 3.8) is 0 Å². The summed E-state index contributed by atoms with van der Waals surface area (Å²) in [7, 11) is 0. The Bertz CT molecular complexity index is 2120. The number of aromatic nitrogens is 1. The molecule has 0 aliphatic carbocycles. The van der Waals surface area contributed by atoms with Crippen LogP contribution in [0.15, 0.2) is 141 Å². The predicted octanol–water partition coefficient (Wildman–Crippen LogP) is 4.93. The molecular weight excluding hydrogens is 550 g/mol. The molecule has 5 heterocycles. The number of rotatable bonds is 1. The second-order valence-electron chi connectivity index (χ2n) is 11.1. The van der Waals surface area contributed by atoms with Gasteiger partial charge < -0.3 is 9.64 Å². The van der Waals surface area contributed by atoms with Gasteiger partial charge >= 0.3 is 0 Å². The van der Waals surface area contributed by atoms with Gasteiger partial charge in [-0.2, -0.15) is 0 Å². The van der Waals surface area contributed by atoms with E-state index in [0.717, 1.165) is 22.1 Å². The Hall–Kier alpha value is -4.32. The van der Waals surface area contributed by atoms with Crippen molar-refractivity contribution in [2.45, 2.75) is 19.7 Å². The molecule has 42 heavy (non-hydrogen) atoms. The van der Waals surface area contributed by atoms with Gasteiger partial charge in [0.05, 0.1) is 5.03 Å². The second kappa shape index (κ2) is 8.60. The van der Waals surface area contributed by atoms with Crippen molar-refractivity contribution in [1.82, 2.24) is 4.98 Å². The van der Waals surface area contributed by atoms with E-state index >= 15 is 0 Å². The summed E-state index contributed by atoms with van der Waals surface area (Å²) < 4.78 is 6.39. The SMILES string of the molecule is c1ccc(N2c3ccccc3B3c4cc5c(nc4Sc4cccc2c43)B2c3ccccc3Oc3cccc(c32)S5)cc1. The lowest BCUT2D eigenvalue weighted by atomic mass is 9.34. The number of benzene rings is 5. The van der Waals surface area contributed by atoms with Gasteiger partial charge in [0, 0.05) is 37.3 Å². The Kier molecular flexibility index (Phi) is 4.76. The topological polar surface area (TPSA) is 25.4 Å². The van der Waals surface area contributed by atoms with E-state index in [1.54, 1.807) is 0 Å². The zero-order valence-electron chi connectivity index (χ0n) is 22.3. The first kappa shape index (κ1) is 23.3. The molecule has 0 N–H and O–H groups in total. The maximum Gasteiger partial charge on any atom is 0.277 e. The molecule has 0 bridgehead atoms. The van der Waals surface area contributed by atoms with E-state index in [9.17, 15) is 0 Å². The Morgan fingerprint density at radius 2 is 1.26 bits per heavy atom. The van der Waals surface area contributed by atoms with Gasteiger partial charge in [-0.05, 0) is 81.9 Å². The van der Waals surface area contributed by atoms with E-state index in [4.69, 9.17) is 9.72 Å². The van der Waals surface area contributed by atoms with Crippen LogP contribution in [-0.2, 0) is 0 Å². The lowest BCUT2D eigenvalue weighted by Crippen LogP contribution is -2.62. The fourth-order valence-corrected chi connectivity index (χ4v) is 9.46. The van der Waals surface area contributed by atoms with E-state index in [-0.39, 0.29) is 13.4 Å². The first-order valence-electron chi connectivity index (χ1n) is 14.2. The minimum Gasteiger partial charge on any atom is -0.458 e. The normalized spacial score (nSPS) is 14.5. The minimum atomic E-state index is 0.0586. The van der Waals surface area contributed by atoms with Crippen molar-refractivity contribution in [1.29, 1.82) is 0 Å². The molecule has 5 aromatic carbocycles. The van der Waals surface area contributed by atoms with Crippen LogP contribution in [0.4, 0.5) is 17.1 Å². The maximum atomic E-state index is 6.39. The predicted molar refractivity (Wildman–Crippen MR) is 176 cm³/mol. The highest BCUT2D eigenvalue weighted by atomic mass is 32.2. The molecule has 194 valence electrons. The zero-order chi connectivity index (χ0) is 27.4. The van der Waals surface area contributed by atoms with Crippen LogP contribution in [0.3, 0.4) is 0 Å². The van der Waals surface area contributed by atoms with Crippen LogP contribution < -0.4 is 42.5 Å².